The first-order valence-corrected chi connectivity index (χ1v) is 7.47. The van der Waals surface area contributed by atoms with Crippen molar-refractivity contribution in [2.24, 2.45) is 11.6 Å². The van der Waals surface area contributed by atoms with Crippen LogP contribution < -0.4 is 17.0 Å². The van der Waals surface area contributed by atoms with E-state index in [9.17, 15) is 30.6 Å². The van der Waals surface area contributed by atoms with Gasteiger partial charge in [0, 0.05) is 0 Å². The van der Waals surface area contributed by atoms with Crippen molar-refractivity contribution in [2.45, 2.75) is 61.3 Å². The van der Waals surface area contributed by atoms with Gasteiger partial charge in [-0.05, 0) is 0 Å². The molecule has 11 N–H and O–H groups in total. The molecule has 2 saturated heterocycles. The van der Waals surface area contributed by atoms with Gasteiger partial charge in [-0.15, -0.1) is 0 Å². The van der Waals surface area contributed by atoms with Crippen molar-refractivity contribution in [1.82, 2.24) is 5.43 Å². The second kappa shape index (κ2) is 8.27. The molecule has 12 heteroatoms. The minimum absolute atomic E-state index is 0.591. The number of nitrogens with two attached hydrogens (primary N) is 2. The van der Waals surface area contributed by atoms with Gasteiger partial charge < -0.3 is 50.6 Å². The number of hydrogen-bond acceptors (Lipinski definition) is 12. The van der Waals surface area contributed by atoms with Crippen LogP contribution in [0.3, 0.4) is 0 Å². The Morgan fingerprint density at radius 2 is 1.54 bits per heavy atom. The predicted octanol–water partition coefficient (Wildman–Crippen LogP) is -5.96. The maximum Gasteiger partial charge on any atom is 0.176 e. The van der Waals surface area contributed by atoms with Crippen molar-refractivity contribution in [1.29, 1.82) is 0 Å². The Morgan fingerprint density at radius 3 is 2.08 bits per heavy atom. The molecule has 0 saturated carbocycles. The molecule has 0 aromatic carbocycles. The van der Waals surface area contributed by atoms with Crippen LogP contribution in [0.4, 0.5) is 0 Å². The lowest BCUT2D eigenvalue weighted by Crippen LogP contribution is -2.68. The molecule has 24 heavy (non-hydrogen) atoms. The highest BCUT2D eigenvalue weighted by Crippen LogP contribution is 2.27. The van der Waals surface area contributed by atoms with E-state index in [0.717, 1.165) is 0 Å². The first-order chi connectivity index (χ1) is 11.3. The van der Waals surface area contributed by atoms with Gasteiger partial charge in [-0.3, -0.25) is 5.84 Å². The monoisotopic (exact) mass is 355 g/mol. The fourth-order valence-electron chi connectivity index (χ4n) is 2.81. The first-order valence-electron chi connectivity index (χ1n) is 7.47. The van der Waals surface area contributed by atoms with Crippen molar-refractivity contribution in [3.8, 4) is 0 Å². The summed E-state index contributed by atoms with van der Waals surface area (Å²) in [5.74, 6) is 5.25. The van der Waals surface area contributed by atoms with Crippen LogP contribution in [0, 0.1) is 0 Å². The van der Waals surface area contributed by atoms with Crippen LogP contribution in [-0.4, -0.2) is 105 Å². The molecule has 12 nitrogen and oxygen atoms in total. The molecule has 2 aliphatic rings. The molecule has 10 atom stereocenters. The predicted molar refractivity (Wildman–Crippen MR) is 75.7 cm³/mol. The second-order valence-electron chi connectivity index (χ2n) is 5.82. The topological polar surface area (TPSA) is 213 Å². The van der Waals surface area contributed by atoms with Crippen LogP contribution in [0.15, 0.2) is 0 Å². The fourth-order valence-corrected chi connectivity index (χ4v) is 2.81. The zero-order valence-corrected chi connectivity index (χ0v) is 12.8. The molecule has 2 fully saturated rings. The highest BCUT2D eigenvalue weighted by Gasteiger charge is 2.49. The van der Waals surface area contributed by atoms with Crippen LogP contribution in [0.25, 0.3) is 0 Å². The summed E-state index contributed by atoms with van der Waals surface area (Å²) in [7, 11) is 0. The third kappa shape index (κ3) is 3.70. The Hall–Kier alpha value is -0.480. The number of aliphatic hydroxyl groups excluding tert-OH is 6. The molecule has 0 aliphatic carbocycles. The Balaban J connectivity index is 2.14. The standard InChI is InChI=1S/C12H25N3O9/c13-5-8(19)7(18)3(1-16)23-12(5)24-10-4(2-17)22-11(21)6(15-14)9(10)20/h3-12,15-21H,1-2,13-14H2/t3-,4-,5-,6-,7-,8-,9-,10-,11-,12+/m1/s1. The Labute approximate surface area is 137 Å². The molecule has 0 unspecified atom stereocenters. The van der Waals surface area contributed by atoms with Crippen LogP contribution in [0.1, 0.15) is 0 Å². The van der Waals surface area contributed by atoms with Gasteiger partial charge in [0.1, 0.15) is 42.7 Å². The summed E-state index contributed by atoms with van der Waals surface area (Å²) in [6.45, 7) is -1.18. The van der Waals surface area contributed by atoms with Crippen molar-refractivity contribution in [2.75, 3.05) is 13.2 Å². The van der Waals surface area contributed by atoms with Crippen LogP contribution in [0.2, 0.25) is 0 Å². The molecule has 2 aliphatic heterocycles. The summed E-state index contributed by atoms with van der Waals surface area (Å²) in [6, 6.07) is -2.30. The van der Waals surface area contributed by atoms with E-state index in [4.69, 9.17) is 25.8 Å². The molecule has 142 valence electrons. The van der Waals surface area contributed by atoms with E-state index in [0.29, 0.717) is 0 Å². The molecular weight excluding hydrogens is 330 g/mol. The van der Waals surface area contributed by atoms with Crippen molar-refractivity contribution < 1.29 is 44.8 Å². The van der Waals surface area contributed by atoms with E-state index in [2.05, 4.69) is 5.43 Å². The van der Waals surface area contributed by atoms with Crippen molar-refractivity contribution in [3.63, 3.8) is 0 Å². The van der Waals surface area contributed by atoms with Crippen molar-refractivity contribution >= 4 is 0 Å². The minimum atomic E-state index is -1.49. The Morgan fingerprint density at radius 1 is 0.917 bits per heavy atom. The summed E-state index contributed by atoms with van der Waals surface area (Å²) in [4.78, 5) is 0. The van der Waals surface area contributed by atoms with E-state index in [1.807, 2.05) is 0 Å². The van der Waals surface area contributed by atoms with E-state index in [1.54, 1.807) is 0 Å². The molecule has 2 rings (SSSR count). The molecule has 0 spiro atoms. The molecule has 0 bridgehead atoms. The fraction of sp³-hybridized carbons (Fsp3) is 1.00. The first kappa shape index (κ1) is 19.8. The molecule has 0 aromatic heterocycles. The Bertz CT molecular complexity index is 404. The molecular formula is C12H25N3O9. The lowest BCUT2D eigenvalue weighted by molar-refractivity contribution is -0.326. The smallest absolute Gasteiger partial charge is 0.176 e. The number of ether oxygens (including phenoxy) is 3. The lowest BCUT2D eigenvalue weighted by Gasteiger charge is -2.46. The van der Waals surface area contributed by atoms with Gasteiger partial charge in [0.2, 0.25) is 0 Å². The van der Waals surface area contributed by atoms with E-state index >= 15 is 0 Å². The van der Waals surface area contributed by atoms with Gasteiger partial charge in [-0.2, -0.15) is 0 Å². The summed E-state index contributed by atoms with van der Waals surface area (Å²) in [6.07, 6.45) is -10.5. The zero-order valence-electron chi connectivity index (χ0n) is 12.8. The van der Waals surface area contributed by atoms with Crippen molar-refractivity contribution in [3.05, 3.63) is 0 Å². The van der Waals surface area contributed by atoms with E-state index in [-0.39, 0.29) is 0 Å². The van der Waals surface area contributed by atoms with E-state index in [1.165, 1.54) is 0 Å². The summed E-state index contributed by atoms with van der Waals surface area (Å²) in [5.41, 5.74) is 7.93. The quantitative estimate of drug-likeness (QED) is 0.166. The third-order valence-corrected chi connectivity index (χ3v) is 4.28. The largest absolute Gasteiger partial charge is 0.394 e. The molecule has 0 radical (unpaired) electrons. The van der Waals surface area contributed by atoms with Crippen LogP contribution in [0.5, 0.6) is 0 Å². The van der Waals surface area contributed by atoms with Crippen LogP contribution in [-0.2, 0) is 14.2 Å². The summed E-state index contributed by atoms with van der Waals surface area (Å²) in [5, 5.41) is 58.2. The maximum atomic E-state index is 10.3. The second-order valence-corrected chi connectivity index (χ2v) is 5.82. The number of nitrogens with one attached hydrogen (secondary N) is 1. The SMILES string of the molecule is NN[C@@H]1[C@@H](O)[C@H](O[C@@H]2O[C@H](CO)[C@@H](O)[C@H](O)[C@H]2N)[C@@H](CO)O[C@H]1O. The van der Waals surface area contributed by atoms with Gasteiger partial charge in [-0.1, -0.05) is 0 Å². The number of hydrazine groups is 1. The average molecular weight is 355 g/mol. The molecule has 2 heterocycles. The number of hydrogen-bond donors (Lipinski definition) is 9. The molecule has 0 amide bonds. The minimum Gasteiger partial charge on any atom is -0.394 e. The molecule has 0 aromatic rings. The normalized spacial score (nSPS) is 50.0. The van der Waals surface area contributed by atoms with Gasteiger partial charge in [-0.25, -0.2) is 5.43 Å². The Kier molecular flexibility index (Phi) is 6.83. The number of aliphatic hydroxyl groups is 6. The average Bonchev–Trinajstić information content (AvgIpc) is 2.57. The van der Waals surface area contributed by atoms with Gasteiger partial charge in [0.15, 0.2) is 12.6 Å². The van der Waals surface area contributed by atoms with Gasteiger partial charge in [0.05, 0.1) is 19.3 Å². The summed E-state index contributed by atoms with van der Waals surface area (Å²) < 4.78 is 15.9. The maximum absolute atomic E-state index is 10.3. The van der Waals surface area contributed by atoms with Crippen LogP contribution >= 0.6 is 0 Å². The summed E-state index contributed by atoms with van der Waals surface area (Å²) >= 11 is 0. The third-order valence-electron chi connectivity index (χ3n) is 4.28. The zero-order chi connectivity index (χ0) is 18.0. The lowest BCUT2D eigenvalue weighted by atomic mass is 9.95. The number of rotatable bonds is 5. The van der Waals surface area contributed by atoms with Gasteiger partial charge in [0.25, 0.3) is 0 Å². The van der Waals surface area contributed by atoms with E-state index < -0.39 is 74.5 Å². The van der Waals surface area contributed by atoms with Gasteiger partial charge >= 0.3 is 0 Å². The highest BCUT2D eigenvalue weighted by atomic mass is 16.7. The highest BCUT2D eigenvalue weighted by molar-refractivity contribution is 4.96.